The minimum Gasteiger partial charge on any atom is -0.505 e. The van der Waals surface area contributed by atoms with Crippen LogP contribution in [0.15, 0.2) is 45.3 Å². The van der Waals surface area contributed by atoms with E-state index in [9.17, 15) is 19.5 Å². The molecule has 2 N–H and O–H groups in total. The summed E-state index contributed by atoms with van der Waals surface area (Å²) in [5.74, 6) is -0.690. The monoisotopic (exact) mass is 413 g/mol. The number of rotatable bonds is 7. The molecule has 8 heteroatoms. The van der Waals surface area contributed by atoms with Crippen LogP contribution in [0.4, 0.5) is 17.1 Å². The molecule has 0 aliphatic carbocycles. The van der Waals surface area contributed by atoms with Crippen molar-refractivity contribution in [1.82, 2.24) is 5.32 Å². The van der Waals surface area contributed by atoms with E-state index in [1.165, 1.54) is 18.0 Å². The van der Waals surface area contributed by atoms with Gasteiger partial charge in [0.2, 0.25) is 0 Å². The summed E-state index contributed by atoms with van der Waals surface area (Å²) in [6.07, 6.45) is 0.760. The first-order valence-electron chi connectivity index (χ1n) is 9.20. The molecule has 0 radical (unpaired) electrons. The van der Waals surface area contributed by atoms with Gasteiger partial charge >= 0.3 is 0 Å². The van der Waals surface area contributed by atoms with Gasteiger partial charge < -0.3 is 20.2 Å². The Kier molecular flexibility index (Phi) is 5.74. The van der Waals surface area contributed by atoms with Gasteiger partial charge in [-0.15, -0.1) is 11.3 Å². The lowest BCUT2D eigenvalue weighted by Crippen LogP contribution is -2.44. The van der Waals surface area contributed by atoms with E-state index in [4.69, 9.17) is 0 Å². The molecule has 0 aliphatic rings. The number of para-hydroxylation sites is 1. The van der Waals surface area contributed by atoms with Gasteiger partial charge in [0.1, 0.15) is 11.4 Å². The average Bonchev–Trinajstić information content (AvgIpc) is 3.25. The van der Waals surface area contributed by atoms with Gasteiger partial charge in [-0.25, -0.2) is 0 Å². The Hall–Kier alpha value is -3.13. The largest absolute Gasteiger partial charge is 0.505 e. The van der Waals surface area contributed by atoms with E-state index < -0.39 is 16.8 Å². The van der Waals surface area contributed by atoms with Gasteiger partial charge in [-0.3, -0.25) is 14.4 Å². The Balaban J connectivity index is 2.04. The highest BCUT2D eigenvalue weighted by atomic mass is 32.1. The van der Waals surface area contributed by atoms with Crippen molar-refractivity contribution in [3.8, 4) is 5.75 Å². The van der Waals surface area contributed by atoms with Gasteiger partial charge in [0.15, 0.2) is 5.75 Å². The first-order chi connectivity index (χ1) is 13.8. The Morgan fingerprint density at radius 2 is 1.83 bits per heavy atom. The van der Waals surface area contributed by atoms with Crippen molar-refractivity contribution < 1.29 is 9.90 Å². The highest BCUT2D eigenvalue weighted by Crippen LogP contribution is 2.39. The summed E-state index contributed by atoms with van der Waals surface area (Å²) in [5.41, 5.74) is -0.279. The number of aromatic hydroxyl groups is 1. The smallest absolute Gasteiger partial charge is 0.254 e. The van der Waals surface area contributed by atoms with Gasteiger partial charge in [-0.1, -0.05) is 19.1 Å². The summed E-state index contributed by atoms with van der Waals surface area (Å²) in [5, 5.41) is 15.0. The van der Waals surface area contributed by atoms with Gasteiger partial charge in [-0.2, -0.15) is 0 Å². The molecule has 0 unspecified atom stereocenters. The van der Waals surface area contributed by atoms with Crippen LogP contribution < -0.4 is 26.0 Å². The number of nitrogens with zero attached hydrogens (tertiary/aromatic N) is 2. The number of amides is 1. The van der Waals surface area contributed by atoms with Crippen LogP contribution in [0, 0.1) is 0 Å². The zero-order valence-corrected chi connectivity index (χ0v) is 17.5. The zero-order valence-electron chi connectivity index (χ0n) is 16.7. The van der Waals surface area contributed by atoms with Crippen LogP contribution in [0.3, 0.4) is 0 Å². The molecule has 3 aromatic rings. The molecule has 152 valence electrons. The molecule has 3 rings (SSSR count). The van der Waals surface area contributed by atoms with E-state index in [0.29, 0.717) is 5.69 Å². The van der Waals surface area contributed by atoms with Crippen molar-refractivity contribution in [3.05, 3.63) is 66.6 Å². The van der Waals surface area contributed by atoms with Crippen LogP contribution >= 0.6 is 11.3 Å². The molecule has 1 atom stereocenters. The number of nitrogens with one attached hydrogen (secondary N) is 1. The first kappa shape index (κ1) is 20.6. The third kappa shape index (κ3) is 3.40. The molecule has 7 nitrogen and oxygen atoms in total. The van der Waals surface area contributed by atoms with E-state index in [0.717, 1.165) is 11.3 Å². The number of carbonyl (C=O) groups is 1. The van der Waals surface area contributed by atoms with Crippen LogP contribution in [0.2, 0.25) is 0 Å². The predicted molar refractivity (Wildman–Crippen MR) is 117 cm³/mol. The van der Waals surface area contributed by atoms with Crippen LogP contribution in [0.1, 0.15) is 34.6 Å². The molecule has 0 bridgehead atoms. The molecule has 0 aliphatic heterocycles. The molecule has 0 saturated carbocycles. The van der Waals surface area contributed by atoms with Crippen molar-refractivity contribution in [2.75, 3.05) is 30.9 Å². The standard InChI is InChI=1S/C21H23N3O4S/c1-5-13(15-10-7-11-29-15)23(3)16-17(20(27)19(16)26)24(4)14-9-6-8-12(18(14)25)21(28)22-2/h6-11,13,25H,5H2,1-4H3,(H,22,28)/t13-/m1/s1. The minimum atomic E-state index is -0.611. The number of carbonyl (C=O) groups excluding carboxylic acids is 1. The van der Waals surface area contributed by atoms with Crippen LogP contribution in [0.5, 0.6) is 5.75 Å². The van der Waals surface area contributed by atoms with Crippen molar-refractivity contribution in [2.45, 2.75) is 19.4 Å². The summed E-state index contributed by atoms with van der Waals surface area (Å²) in [4.78, 5) is 41.3. The average molecular weight is 413 g/mol. The third-order valence-electron chi connectivity index (χ3n) is 5.12. The van der Waals surface area contributed by atoms with Crippen LogP contribution in [0.25, 0.3) is 0 Å². The summed E-state index contributed by atoms with van der Waals surface area (Å²) in [6, 6.07) is 8.61. The Morgan fingerprint density at radius 3 is 2.41 bits per heavy atom. The third-order valence-corrected chi connectivity index (χ3v) is 6.10. The molecular weight excluding hydrogens is 390 g/mol. The summed E-state index contributed by atoms with van der Waals surface area (Å²) in [6.45, 7) is 2.02. The lowest BCUT2D eigenvalue weighted by Gasteiger charge is -2.33. The summed E-state index contributed by atoms with van der Waals surface area (Å²) >= 11 is 1.60. The van der Waals surface area contributed by atoms with Crippen LogP contribution in [-0.4, -0.2) is 32.2 Å². The van der Waals surface area contributed by atoms with Gasteiger partial charge in [-0.05, 0) is 30.0 Å². The number of hydrogen-bond acceptors (Lipinski definition) is 7. The molecular formula is C21H23N3O4S. The number of thiophene rings is 1. The highest BCUT2D eigenvalue weighted by Gasteiger charge is 2.32. The highest BCUT2D eigenvalue weighted by molar-refractivity contribution is 7.10. The van der Waals surface area contributed by atoms with E-state index in [1.54, 1.807) is 37.6 Å². The van der Waals surface area contributed by atoms with Crippen LogP contribution in [-0.2, 0) is 0 Å². The molecule has 29 heavy (non-hydrogen) atoms. The van der Waals surface area contributed by atoms with Gasteiger partial charge in [0.05, 0.1) is 17.3 Å². The quantitative estimate of drug-likeness (QED) is 0.579. The second-order valence-electron chi connectivity index (χ2n) is 6.72. The molecule has 2 aromatic carbocycles. The van der Waals surface area contributed by atoms with Crippen molar-refractivity contribution in [2.24, 2.45) is 0 Å². The lowest BCUT2D eigenvalue weighted by molar-refractivity contribution is 0.0960. The molecule has 0 fully saturated rings. The molecule has 0 saturated heterocycles. The Morgan fingerprint density at radius 1 is 1.14 bits per heavy atom. The maximum absolute atomic E-state index is 12.4. The molecule has 1 amide bonds. The normalized spacial score (nSPS) is 12.0. The van der Waals surface area contributed by atoms with E-state index in [1.807, 2.05) is 29.3 Å². The number of anilines is 3. The molecule has 1 aromatic heterocycles. The molecule has 1 heterocycles. The lowest BCUT2D eigenvalue weighted by atomic mass is 10.1. The SMILES string of the molecule is CC[C@H](c1cccs1)N(C)c1c(N(C)c2cccc(C(=O)NC)c2O)c(=O)c1=O. The maximum Gasteiger partial charge on any atom is 0.254 e. The fourth-order valence-corrected chi connectivity index (χ4v) is 4.50. The topological polar surface area (TPSA) is 89.9 Å². The van der Waals surface area contributed by atoms with Gasteiger partial charge in [0, 0.05) is 26.0 Å². The fourth-order valence-electron chi connectivity index (χ4n) is 3.55. The fraction of sp³-hybridized carbons (Fsp3) is 0.286. The van der Waals surface area contributed by atoms with Crippen molar-refractivity contribution in [1.29, 1.82) is 0 Å². The minimum absolute atomic E-state index is 0.0451. The molecule has 0 spiro atoms. The number of benzene rings is 1. The van der Waals surface area contributed by atoms with Gasteiger partial charge in [0.25, 0.3) is 16.8 Å². The summed E-state index contributed by atoms with van der Waals surface area (Å²) in [7, 11) is 4.86. The van der Waals surface area contributed by atoms with Crippen molar-refractivity contribution in [3.63, 3.8) is 0 Å². The van der Waals surface area contributed by atoms with E-state index in [-0.39, 0.29) is 28.7 Å². The number of phenols is 1. The zero-order chi connectivity index (χ0) is 21.3. The number of hydrogen-bond donors (Lipinski definition) is 2. The van der Waals surface area contributed by atoms with Crippen molar-refractivity contribution >= 4 is 34.3 Å². The number of phenolic OH excluding ortho intramolecular Hbond substituents is 1. The van der Waals surface area contributed by atoms with E-state index >= 15 is 0 Å². The second-order valence-corrected chi connectivity index (χ2v) is 7.70. The first-order valence-corrected chi connectivity index (χ1v) is 10.1. The van der Waals surface area contributed by atoms with E-state index in [2.05, 4.69) is 5.32 Å². The Labute approximate surface area is 172 Å². The maximum atomic E-state index is 12.4. The Bertz CT molecular complexity index is 1100. The second kappa shape index (κ2) is 8.08. The predicted octanol–water partition coefficient (Wildman–Crippen LogP) is 2.76. The summed E-state index contributed by atoms with van der Waals surface area (Å²) < 4.78 is 0.